The van der Waals surface area contributed by atoms with Crippen molar-refractivity contribution in [2.45, 2.75) is 58.0 Å². The second kappa shape index (κ2) is 9.65. The Balaban J connectivity index is 2.40. The first-order valence-corrected chi connectivity index (χ1v) is 7.21. The van der Waals surface area contributed by atoms with Gasteiger partial charge in [0, 0.05) is 6.42 Å². The van der Waals surface area contributed by atoms with Gasteiger partial charge in [-0.3, -0.25) is 4.79 Å². The predicted molar refractivity (Wildman–Crippen MR) is 80.0 cm³/mol. The van der Waals surface area contributed by atoms with Crippen molar-refractivity contribution in [1.29, 1.82) is 0 Å². The normalized spacial score (nSPS) is 21.6. The zero-order chi connectivity index (χ0) is 13.9. The van der Waals surface area contributed by atoms with Crippen LogP contribution in [0.3, 0.4) is 0 Å². The van der Waals surface area contributed by atoms with Gasteiger partial charge in [0.1, 0.15) is 14.0 Å². The first-order valence-electron chi connectivity index (χ1n) is 7.21. The fourth-order valence-corrected chi connectivity index (χ4v) is 2.04. The zero-order valence-electron chi connectivity index (χ0n) is 11.8. The molecule has 1 heterocycles. The summed E-state index contributed by atoms with van der Waals surface area (Å²) in [7, 11) is 5.66. The molecule has 3 heteroatoms. The molecule has 102 valence electrons. The van der Waals surface area contributed by atoms with E-state index in [4.69, 9.17) is 12.6 Å². The maximum absolute atomic E-state index is 11.7. The van der Waals surface area contributed by atoms with Crippen molar-refractivity contribution in [2.24, 2.45) is 0 Å². The minimum Gasteiger partial charge on any atom is -0.498 e. The monoisotopic (exact) mass is 258 g/mol. The van der Waals surface area contributed by atoms with Crippen LogP contribution in [0.1, 0.15) is 51.9 Å². The Labute approximate surface area is 118 Å². The Morgan fingerprint density at radius 1 is 1.26 bits per heavy atom. The highest BCUT2D eigenvalue weighted by Gasteiger charge is 2.12. The number of hydrogen-bond acceptors (Lipinski definition) is 2. The highest BCUT2D eigenvalue weighted by atomic mass is 16.5. The van der Waals surface area contributed by atoms with Crippen molar-refractivity contribution in [3.05, 3.63) is 36.0 Å². The van der Waals surface area contributed by atoms with E-state index in [0.717, 1.165) is 12.8 Å². The van der Waals surface area contributed by atoms with Crippen molar-refractivity contribution in [1.82, 2.24) is 0 Å². The molecule has 1 aliphatic rings. The molecule has 0 N–H and O–H groups in total. The molecule has 0 bridgehead atoms. The van der Waals surface area contributed by atoms with Crippen LogP contribution < -0.4 is 0 Å². The van der Waals surface area contributed by atoms with E-state index in [2.05, 4.69) is 6.92 Å². The van der Waals surface area contributed by atoms with E-state index in [9.17, 15) is 4.79 Å². The van der Waals surface area contributed by atoms with Gasteiger partial charge in [0.05, 0.1) is 6.26 Å². The van der Waals surface area contributed by atoms with E-state index in [1.54, 1.807) is 30.6 Å². The third-order valence-corrected chi connectivity index (χ3v) is 3.16. The van der Waals surface area contributed by atoms with Crippen molar-refractivity contribution >= 4 is 13.6 Å². The van der Waals surface area contributed by atoms with E-state index in [1.807, 2.05) is 0 Å². The van der Waals surface area contributed by atoms with Gasteiger partial charge in [-0.1, -0.05) is 50.2 Å². The van der Waals surface area contributed by atoms with Gasteiger partial charge in [-0.25, -0.2) is 0 Å². The van der Waals surface area contributed by atoms with E-state index in [-0.39, 0.29) is 11.9 Å². The summed E-state index contributed by atoms with van der Waals surface area (Å²) in [5.41, 5.74) is 0.561. The molecule has 2 radical (unpaired) electrons. The van der Waals surface area contributed by atoms with Crippen LogP contribution in [-0.2, 0) is 9.53 Å². The molecule has 0 saturated carbocycles. The maximum Gasteiger partial charge on any atom is 0.159 e. The van der Waals surface area contributed by atoms with Crippen molar-refractivity contribution in [3.63, 3.8) is 0 Å². The summed E-state index contributed by atoms with van der Waals surface area (Å²) in [6.45, 7) is 2.21. The number of unbranched alkanes of at least 4 members (excludes halogenated alkanes) is 4. The van der Waals surface area contributed by atoms with Gasteiger partial charge < -0.3 is 4.74 Å². The lowest BCUT2D eigenvalue weighted by Crippen LogP contribution is -2.15. The van der Waals surface area contributed by atoms with E-state index >= 15 is 0 Å². The van der Waals surface area contributed by atoms with Crippen LogP contribution in [0.25, 0.3) is 0 Å². The molecule has 2 nitrogen and oxygen atoms in total. The lowest BCUT2D eigenvalue weighted by molar-refractivity contribution is -0.116. The predicted octanol–water partition coefficient (Wildman–Crippen LogP) is 3.83. The summed E-state index contributed by atoms with van der Waals surface area (Å²) in [6, 6.07) is 0. The van der Waals surface area contributed by atoms with E-state index in [0.29, 0.717) is 11.9 Å². The number of allylic oxidation sites excluding steroid dienone is 5. The smallest absolute Gasteiger partial charge is 0.159 e. The Kier molecular flexibility index (Phi) is 8.03. The molecule has 1 unspecified atom stereocenters. The zero-order valence-corrected chi connectivity index (χ0v) is 11.8. The van der Waals surface area contributed by atoms with Crippen LogP contribution in [0.2, 0.25) is 0 Å². The number of carbonyl (C=O) groups is 1. The number of hydrogen-bond donors (Lipinski definition) is 0. The van der Waals surface area contributed by atoms with Gasteiger partial charge in [0.25, 0.3) is 0 Å². The summed E-state index contributed by atoms with van der Waals surface area (Å²) in [4.78, 5) is 11.7. The summed E-state index contributed by atoms with van der Waals surface area (Å²) in [5.74, 6) is 0.0743. The van der Waals surface area contributed by atoms with Crippen LogP contribution in [-0.4, -0.2) is 19.7 Å². The van der Waals surface area contributed by atoms with Crippen LogP contribution in [0, 0.1) is 0 Å². The molecule has 0 aromatic carbocycles. The number of ether oxygens (including phenoxy) is 1. The minimum absolute atomic E-state index is 0.0113. The summed E-state index contributed by atoms with van der Waals surface area (Å²) < 4.78 is 5.61. The number of carbonyl (C=O) groups excluding carboxylic acids is 1. The largest absolute Gasteiger partial charge is 0.498 e. The van der Waals surface area contributed by atoms with Gasteiger partial charge in [0.2, 0.25) is 0 Å². The second-order valence-electron chi connectivity index (χ2n) is 4.96. The fraction of sp³-hybridized carbons (Fsp3) is 0.562. The average molecular weight is 258 g/mol. The summed E-state index contributed by atoms with van der Waals surface area (Å²) in [6.07, 6.45) is 15.8. The molecule has 0 aromatic heterocycles. The van der Waals surface area contributed by atoms with Gasteiger partial charge in [-0.05, 0) is 25.0 Å². The van der Waals surface area contributed by atoms with Gasteiger partial charge in [-0.2, -0.15) is 0 Å². The molecule has 19 heavy (non-hydrogen) atoms. The van der Waals surface area contributed by atoms with Gasteiger partial charge in [0.15, 0.2) is 5.78 Å². The van der Waals surface area contributed by atoms with Crippen LogP contribution >= 0.6 is 0 Å². The Morgan fingerprint density at radius 2 is 2.05 bits per heavy atom. The van der Waals surface area contributed by atoms with Crippen LogP contribution in [0.15, 0.2) is 36.0 Å². The number of ketones is 1. The molecule has 0 aromatic rings. The van der Waals surface area contributed by atoms with Crippen molar-refractivity contribution < 1.29 is 9.53 Å². The molecule has 0 saturated heterocycles. The Morgan fingerprint density at radius 3 is 2.84 bits per heavy atom. The topological polar surface area (TPSA) is 26.3 Å². The lowest BCUT2D eigenvalue weighted by atomic mass is 9.94. The molecule has 0 spiro atoms. The SMILES string of the molecule is [B]C1=C/C=C/OC(CCCCCCC)CC(=O)C=C1. The molecule has 0 aliphatic carbocycles. The van der Waals surface area contributed by atoms with Gasteiger partial charge in [-0.15, -0.1) is 0 Å². The standard InChI is InChI=1S/C16H23BO2/c1-2-3-4-5-6-9-16-13-15(18)11-10-14(17)8-7-12-19-16/h7-8,10-12,16H,2-6,9,13H2,1H3/b11-10?,12-7+,14-8?. The van der Waals surface area contributed by atoms with E-state index < -0.39 is 0 Å². The molecule has 0 amide bonds. The third-order valence-electron chi connectivity index (χ3n) is 3.16. The van der Waals surface area contributed by atoms with E-state index in [1.165, 1.54) is 25.7 Å². The summed E-state index contributed by atoms with van der Waals surface area (Å²) >= 11 is 0. The Bertz CT molecular complexity index is 356. The third kappa shape index (κ3) is 7.71. The second-order valence-corrected chi connectivity index (χ2v) is 4.96. The molecule has 1 atom stereocenters. The maximum atomic E-state index is 11.7. The highest BCUT2D eigenvalue weighted by molar-refractivity contribution is 6.23. The minimum atomic E-state index is -0.0113. The molecule has 1 aliphatic heterocycles. The average Bonchev–Trinajstić information content (AvgIpc) is 2.40. The molecular weight excluding hydrogens is 235 g/mol. The van der Waals surface area contributed by atoms with Crippen LogP contribution in [0.5, 0.6) is 0 Å². The molecule has 0 fully saturated rings. The highest BCUT2D eigenvalue weighted by Crippen LogP contribution is 2.14. The lowest BCUT2D eigenvalue weighted by Gasteiger charge is -2.15. The first kappa shape index (κ1) is 15.8. The Hall–Kier alpha value is -1.25. The molecule has 1 rings (SSSR count). The summed E-state index contributed by atoms with van der Waals surface area (Å²) in [5, 5.41) is 0. The first-order chi connectivity index (χ1) is 9.22. The van der Waals surface area contributed by atoms with Crippen molar-refractivity contribution in [2.75, 3.05) is 0 Å². The number of rotatable bonds is 6. The van der Waals surface area contributed by atoms with Crippen LogP contribution in [0.4, 0.5) is 0 Å². The van der Waals surface area contributed by atoms with Gasteiger partial charge >= 0.3 is 0 Å². The fourth-order valence-electron chi connectivity index (χ4n) is 2.04. The molecular formula is C16H23BO2. The van der Waals surface area contributed by atoms with Crippen molar-refractivity contribution in [3.8, 4) is 0 Å². The quantitative estimate of drug-likeness (QED) is 0.534.